The fourth-order valence-electron chi connectivity index (χ4n) is 5.00. The van der Waals surface area contributed by atoms with Gasteiger partial charge in [0.25, 0.3) is 0 Å². The topological polar surface area (TPSA) is 18.5 Å². The van der Waals surface area contributed by atoms with Gasteiger partial charge in [0.1, 0.15) is 15.7 Å². The van der Waals surface area contributed by atoms with E-state index in [0.29, 0.717) is 17.9 Å². The van der Waals surface area contributed by atoms with Crippen LogP contribution in [0.3, 0.4) is 0 Å². The molecule has 0 bridgehead atoms. The fraction of sp³-hybridized carbons (Fsp3) is 0.714. The zero-order valence-corrected chi connectivity index (χ0v) is 17.0. The molecule has 1 saturated carbocycles. The van der Waals surface area contributed by atoms with Gasteiger partial charge in [-0.3, -0.25) is 0 Å². The Hall–Kier alpha value is -0.440. The van der Waals surface area contributed by atoms with Crippen molar-refractivity contribution in [2.45, 2.75) is 75.5 Å². The predicted molar refractivity (Wildman–Crippen MR) is 102 cm³/mol. The average molecular weight is 383 g/mol. The van der Waals surface area contributed by atoms with Gasteiger partial charge in [0.2, 0.25) is 0 Å². The Labute approximate surface area is 161 Å². The van der Waals surface area contributed by atoms with Gasteiger partial charge in [0.05, 0.1) is 12.2 Å². The highest BCUT2D eigenvalue weighted by atomic mass is 35.5. The molecule has 138 valence electrons. The van der Waals surface area contributed by atoms with Crippen molar-refractivity contribution >= 4 is 23.2 Å². The van der Waals surface area contributed by atoms with E-state index in [1.54, 1.807) is 0 Å². The van der Waals surface area contributed by atoms with Crippen LogP contribution in [0.2, 0.25) is 0 Å². The smallest absolute Gasteiger partial charge is 0.127 e. The predicted octanol–water partition coefficient (Wildman–Crippen LogP) is 6.30. The standard InChI is InChI=1S/C21H28Cl2O2/c1-13-9-10-15-18(24-13)14-7-5-6-8-16(14)25-20(15,4)12-11-17-19(2,3)21(17,22)23/h5-8,13,15,17-18H,9-12H2,1-4H3/t13-,15-,17+,18-,20+/m1/s1. The molecule has 0 unspecified atom stereocenters. The Bertz CT molecular complexity index is 658. The highest BCUT2D eigenvalue weighted by Gasteiger charge is 2.69. The molecule has 2 heterocycles. The summed E-state index contributed by atoms with van der Waals surface area (Å²) in [5, 5.41) is 0. The quantitative estimate of drug-likeness (QED) is 0.570. The first kappa shape index (κ1) is 17.9. The van der Waals surface area contributed by atoms with E-state index in [1.165, 1.54) is 5.56 Å². The number of alkyl halides is 2. The van der Waals surface area contributed by atoms with Crippen LogP contribution in [0.1, 0.15) is 65.0 Å². The number of fused-ring (bicyclic) bond motifs is 3. The third kappa shape index (κ3) is 2.71. The third-order valence-corrected chi connectivity index (χ3v) is 8.50. The molecule has 0 radical (unpaired) electrons. The van der Waals surface area contributed by atoms with E-state index >= 15 is 0 Å². The Morgan fingerprint density at radius 3 is 2.48 bits per heavy atom. The van der Waals surface area contributed by atoms with Crippen molar-refractivity contribution in [1.29, 1.82) is 0 Å². The Balaban J connectivity index is 1.59. The van der Waals surface area contributed by atoms with E-state index in [9.17, 15) is 0 Å². The average Bonchev–Trinajstić information content (AvgIpc) is 2.94. The van der Waals surface area contributed by atoms with Crippen molar-refractivity contribution < 1.29 is 9.47 Å². The second-order valence-corrected chi connectivity index (χ2v) is 10.3. The first-order valence-corrected chi connectivity index (χ1v) is 10.2. The molecule has 4 rings (SSSR count). The monoisotopic (exact) mass is 382 g/mol. The molecule has 0 aromatic heterocycles. The molecule has 0 amide bonds. The van der Waals surface area contributed by atoms with Gasteiger partial charge in [0.15, 0.2) is 0 Å². The summed E-state index contributed by atoms with van der Waals surface area (Å²) in [5.74, 6) is 1.67. The van der Waals surface area contributed by atoms with Gasteiger partial charge in [-0.2, -0.15) is 0 Å². The van der Waals surface area contributed by atoms with Crippen LogP contribution in [0.5, 0.6) is 5.75 Å². The van der Waals surface area contributed by atoms with Crippen molar-refractivity contribution in [3.63, 3.8) is 0 Å². The van der Waals surface area contributed by atoms with Crippen LogP contribution >= 0.6 is 23.2 Å². The molecule has 3 aliphatic rings. The van der Waals surface area contributed by atoms with Gasteiger partial charge in [-0.1, -0.05) is 32.0 Å². The normalized spacial score (nSPS) is 40.6. The summed E-state index contributed by atoms with van der Waals surface area (Å²) >= 11 is 13.0. The van der Waals surface area contributed by atoms with Crippen LogP contribution in [-0.2, 0) is 4.74 Å². The SMILES string of the molecule is C[C@@H]1CC[C@@H]2[C@H](O1)c1ccccc1O[C@@]2(C)CC[C@H]1C(C)(C)C1(Cl)Cl. The minimum absolute atomic E-state index is 0.0178. The highest BCUT2D eigenvalue weighted by Crippen LogP contribution is 2.70. The zero-order chi connectivity index (χ0) is 18.0. The van der Waals surface area contributed by atoms with Gasteiger partial charge in [-0.25, -0.2) is 0 Å². The molecule has 1 aromatic carbocycles. The Morgan fingerprint density at radius 1 is 1.12 bits per heavy atom. The maximum Gasteiger partial charge on any atom is 0.127 e. The number of hydrogen-bond donors (Lipinski definition) is 0. The molecule has 1 aliphatic carbocycles. The highest BCUT2D eigenvalue weighted by molar-refractivity contribution is 6.51. The summed E-state index contributed by atoms with van der Waals surface area (Å²) in [5.41, 5.74) is 0.949. The van der Waals surface area contributed by atoms with Crippen molar-refractivity contribution in [1.82, 2.24) is 0 Å². The molecule has 4 heteroatoms. The maximum atomic E-state index is 6.57. The summed E-state index contributed by atoms with van der Waals surface area (Å²) in [7, 11) is 0. The van der Waals surface area contributed by atoms with Gasteiger partial charge >= 0.3 is 0 Å². The molecule has 0 spiro atoms. The number of benzene rings is 1. The lowest BCUT2D eigenvalue weighted by Crippen LogP contribution is -2.50. The van der Waals surface area contributed by atoms with E-state index in [0.717, 1.165) is 31.4 Å². The van der Waals surface area contributed by atoms with Crippen molar-refractivity contribution in [2.75, 3.05) is 0 Å². The number of halogens is 2. The van der Waals surface area contributed by atoms with E-state index in [-0.39, 0.29) is 17.1 Å². The van der Waals surface area contributed by atoms with E-state index < -0.39 is 4.33 Å². The summed E-state index contributed by atoms with van der Waals surface area (Å²) in [6.45, 7) is 8.74. The molecule has 2 nitrogen and oxygen atoms in total. The Morgan fingerprint density at radius 2 is 1.80 bits per heavy atom. The number of rotatable bonds is 3. The zero-order valence-electron chi connectivity index (χ0n) is 15.5. The molecule has 2 aliphatic heterocycles. The first-order chi connectivity index (χ1) is 11.7. The molecule has 0 N–H and O–H groups in total. The Kier molecular flexibility index (Phi) is 4.15. The van der Waals surface area contributed by atoms with Gasteiger partial charge in [-0.15, -0.1) is 23.2 Å². The summed E-state index contributed by atoms with van der Waals surface area (Å²) in [6.07, 6.45) is 4.59. The van der Waals surface area contributed by atoms with Crippen LogP contribution in [-0.4, -0.2) is 16.0 Å². The van der Waals surface area contributed by atoms with Gasteiger partial charge in [0, 0.05) is 22.8 Å². The lowest BCUT2D eigenvalue weighted by atomic mass is 9.72. The van der Waals surface area contributed by atoms with E-state index in [1.807, 2.05) is 6.07 Å². The number of hydrogen-bond acceptors (Lipinski definition) is 2. The maximum absolute atomic E-state index is 6.57. The van der Waals surface area contributed by atoms with Gasteiger partial charge in [-0.05, 0) is 45.6 Å². The minimum Gasteiger partial charge on any atom is -0.487 e. The third-order valence-electron chi connectivity index (χ3n) is 7.00. The summed E-state index contributed by atoms with van der Waals surface area (Å²) < 4.78 is 12.4. The lowest BCUT2D eigenvalue weighted by Gasteiger charge is -2.50. The van der Waals surface area contributed by atoms with Crippen molar-refractivity contribution in [3.05, 3.63) is 29.8 Å². The van der Waals surface area contributed by atoms with Gasteiger partial charge < -0.3 is 9.47 Å². The molecule has 25 heavy (non-hydrogen) atoms. The largest absolute Gasteiger partial charge is 0.487 e. The molecular weight excluding hydrogens is 355 g/mol. The van der Waals surface area contributed by atoms with Crippen molar-refractivity contribution in [2.24, 2.45) is 17.3 Å². The molecule has 5 atom stereocenters. The van der Waals surface area contributed by atoms with Crippen LogP contribution in [0.25, 0.3) is 0 Å². The number of para-hydroxylation sites is 1. The van der Waals surface area contributed by atoms with Crippen LogP contribution < -0.4 is 4.74 Å². The fourth-order valence-corrected chi connectivity index (χ4v) is 5.91. The van der Waals surface area contributed by atoms with E-state index in [4.69, 9.17) is 32.7 Å². The summed E-state index contributed by atoms with van der Waals surface area (Å²) in [4.78, 5) is 0. The second kappa shape index (κ2) is 5.78. The first-order valence-electron chi connectivity index (χ1n) is 9.48. The molecule has 2 fully saturated rings. The molecule has 1 saturated heterocycles. The van der Waals surface area contributed by atoms with E-state index in [2.05, 4.69) is 45.9 Å². The lowest BCUT2D eigenvalue weighted by molar-refractivity contribution is -0.153. The minimum atomic E-state index is -0.604. The molecular formula is C21H28Cl2O2. The second-order valence-electron chi connectivity index (χ2n) is 8.94. The molecule has 1 aromatic rings. The van der Waals surface area contributed by atoms with Crippen LogP contribution in [0.15, 0.2) is 24.3 Å². The summed E-state index contributed by atoms with van der Waals surface area (Å²) in [6, 6.07) is 8.34. The number of ether oxygens (including phenoxy) is 2. The van der Waals surface area contributed by atoms with Crippen LogP contribution in [0, 0.1) is 17.3 Å². The van der Waals surface area contributed by atoms with Crippen molar-refractivity contribution in [3.8, 4) is 5.75 Å². The van der Waals surface area contributed by atoms with Crippen LogP contribution in [0.4, 0.5) is 0 Å².